The van der Waals surface area contributed by atoms with Crippen LogP contribution in [0.2, 0.25) is 0 Å². The van der Waals surface area contributed by atoms with Crippen LogP contribution in [0.5, 0.6) is 5.75 Å². The van der Waals surface area contributed by atoms with Gasteiger partial charge in [0.05, 0.1) is 0 Å². The average Bonchev–Trinajstić information content (AvgIpc) is 2.94. The molecule has 1 nitrogen and oxygen atoms in total. The molecule has 10 heteroatoms. The van der Waals surface area contributed by atoms with Crippen LogP contribution in [0.3, 0.4) is 0 Å². The topological polar surface area (TPSA) is 9.23 Å². The average molecular weight is 615 g/mol. The molecule has 1 unspecified atom stereocenters. The number of hydrogen-bond donors (Lipinski definition) is 0. The van der Waals surface area contributed by atoms with Crippen LogP contribution >= 0.6 is 0 Å². The van der Waals surface area contributed by atoms with Gasteiger partial charge in [-0.1, -0.05) is 6.92 Å². The minimum Gasteiger partial charge on any atom is -0.399 e. The fourth-order valence-electron chi connectivity index (χ4n) is 6.75. The summed E-state index contributed by atoms with van der Waals surface area (Å²) in [5.74, 6) is -7.70. The highest BCUT2D eigenvalue weighted by molar-refractivity contribution is 5.40. The van der Waals surface area contributed by atoms with Gasteiger partial charge in [0.15, 0.2) is 11.6 Å². The van der Waals surface area contributed by atoms with Crippen LogP contribution in [0.1, 0.15) is 90.7 Å². The molecular formula is C33H31F9O. The molecule has 3 aromatic carbocycles. The molecule has 0 amide bonds. The Morgan fingerprint density at radius 1 is 0.744 bits per heavy atom. The highest BCUT2D eigenvalue weighted by Crippen LogP contribution is 2.45. The molecule has 2 aliphatic rings. The maximum atomic E-state index is 15.7. The molecule has 0 heterocycles. The zero-order valence-corrected chi connectivity index (χ0v) is 23.5. The van der Waals surface area contributed by atoms with Gasteiger partial charge in [0.2, 0.25) is 5.75 Å². The van der Waals surface area contributed by atoms with Gasteiger partial charge in [-0.05, 0) is 135 Å². The van der Waals surface area contributed by atoms with Crippen LogP contribution < -0.4 is 4.74 Å². The zero-order chi connectivity index (χ0) is 31.1. The highest BCUT2D eigenvalue weighted by atomic mass is 19.4. The molecule has 1 atom stereocenters. The standard InChI is InChI=1S/C33H31F9O/c1-2-17-12-25(34)24(26(35)13-17)10-4-18-3-9-23-22(11-18)16-27(36)30(31(23)39)20-7-5-19(6-8-20)21-14-28(37)32(29(38)15-21)43-33(40,41)42/h12-16,18-20H,2-11H2,1H3. The smallest absolute Gasteiger partial charge is 0.399 e. The van der Waals surface area contributed by atoms with Crippen molar-refractivity contribution >= 4 is 0 Å². The fourth-order valence-corrected chi connectivity index (χ4v) is 6.75. The van der Waals surface area contributed by atoms with E-state index in [1.165, 1.54) is 18.2 Å². The lowest BCUT2D eigenvalue weighted by molar-refractivity contribution is -0.276. The lowest BCUT2D eigenvalue weighted by atomic mass is 9.74. The molecule has 43 heavy (non-hydrogen) atoms. The van der Waals surface area contributed by atoms with Gasteiger partial charge in [-0.3, -0.25) is 0 Å². The van der Waals surface area contributed by atoms with E-state index in [0.29, 0.717) is 74.5 Å². The largest absolute Gasteiger partial charge is 0.573 e. The summed E-state index contributed by atoms with van der Waals surface area (Å²) in [5.41, 5.74) is 1.77. The van der Waals surface area contributed by atoms with Crippen LogP contribution in [-0.4, -0.2) is 6.36 Å². The first-order valence-electron chi connectivity index (χ1n) is 14.6. The van der Waals surface area contributed by atoms with Crippen molar-refractivity contribution in [2.24, 2.45) is 5.92 Å². The van der Waals surface area contributed by atoms with Crippen molar-refractivity contribution in [1.82, 2.24) is 0 Å². The van der Waals surface area contributed by atoms with Gasteiger partial charge in [0, 0.05) is 11.1 Å². The summed E-state index contributed by atoms with van der Waals surface area (Å²) in [4.78, 5) is 0. The summed E-state index contributed by atoms with van der Waals surface area (Å²) in [6.07, 6.45) is -1.33. The Bertz CT molecular complexity index is 1440. The van der Waals surface area contributed by atoms with Gasteiger partial charge in [0.25, 0.3) is 0 Å². The number of ether oxygens (including phenoxy) is 1. The molecule has 1 saturated carbocycles. The monoisotopic (exact) mass is 614 g/mol. The lowest BCUT2D eigenvalue weighted by Gasteiger charge is -2.32. The van der Waals surface area contributed by atoms with Gasteiger partial charge >= 0.3 is 6.36 Å². The Kier molecular flexibility index (Phi) is 9.05. The molecule has 0 bridgehead atoms. The summed E-state index contributed by atoms with van der Waals surface area (Å²) in [7, 11) is 0. The molecule has 0 radical (unpaired) electrons. The molecule has 232 valence electrons. The number of alkyl halides is 3. The van der Waals surface area contributed by atoms with E-state index < -0.39 is 58.9 Å². The van der Waals surface area contributed by atoms with E-state index in [1.807, 2.05) is 6.92 Å². The first kappa shape index (κ1) is 31.3. The number of benzene rings is 3. The molecule has 0 aromatic heterocycles. The molecule has 1 fully saturated rings. The summed E-state index contributed by atoms with van der Waals surface area (Å²) in [5, 5.41) is 0. The molecule has 0 aliphatic heterocycles. The van der Waals surface area contributed by atoms with E-state index in [0.717, 1.165) is 12.1 Å². The predicted octanol–water partition coefficient (Wildman–Crippen LogP) is 10.2. The predicted molar refractivity (Wildman–Crippen MR) is 143 cm³/mol. The molecule has 0 N–H and O–H groups in total. The summed E-state index contributed by atoms with van der Waals surface area (Å²) in [6.45, 7) is 1.81. The summed E-state index contributed by atoms with van der Waals surface area (Å²) < 4.78 is 129. The van der Waals surface area contributed by atoms with E-state index in [2.05, 4.69) is 4.74 Å². The van der Waals surface area contributed by atoms with Gasteiger partial charge in [-0.15, -0.1) is 13.2 Å². The maximum Gasteiger partial charge on any atom is 0.573 e. The summed E-state index contributed by atoms with van der Waals surface area (Å²) >= 11 is 0. The third kappa shape index (κ3) is 6.83. The Morgan fingerprint density at radius 2 is 1.35 bits per heavy atom. The van der Waals surface area contributed by atoms with Crippen molar-refractivity contribution in [3.63, 3.8) is 0 Å². The van der Waals surface area contributed by atoms with Gasteiger partial charge < -0.3 is 4.74 Å². The quantitative estimate of drug-likeness (QED) is 0.241. The number of hydrogen-bond acceptors (Lipinski definition) is 1. The van der Waals surface area contributed by atoms with Crippen molar-refractivity contribution in [2.45, 2.75) is 89.3 Å². The number of aryl methyl sites for hydroxylation is 1. The zero-order valence-electron chi connectivity index (χ0n) is 23.5. The first-order valence-corrected chi connectivity index (χ1v) is 14.6. The van der Waals surface area contributed by atoms with E-state index in [-0.39, 0.29) is 29.0 Å². The van der Waals surface area contributed by atoms with Crippen molar-refractivity contribution in [3.05, 3.63) is 98.6 Å². The second-order valence-corrected chi connectivity index (χ2v) is 11.7. The Morgan fingerprint density at radius 3 is 1.93 bits per heavy atom. The van der Waals surface area contributed by atoms with Crippen LogP contribution in [0.15, 0.2) is 30.3 Å². The minimum absolute atomic E-state index is 0.0120. The van der Waals surface area contributed by atoms with Crippen molar-refractivity contribution in [3.8, 4) is 5.75 Å². The Labute approximate surface area is 244 Å². The van der Waals surface area contributed by atoms with Gasteiger partial charge in [-0.25, -0.2) is 26.3 Å². The Hall–Kier alpha value is -3.17. The number of halogens is 9. The lowest BCUT2D eigenvalue weighted by Crippen LogP contribution is -2.21. The van der Waals surface area contributed by atoms with Crippen molar-refractivity contribution in [1.29, 1.82) is 0 Å². The minimum atomic E-state index is -5.24. The normalized spacial score (nSPS) is 20.7. The van der Waals surface area contributed by atoms with Gasteiger partial charge in [0.1, 0.15) is 23.3 Å². The van der Waals surface area contributed by atoms with E-state index in [4.69, 9.17) is 0 Å². The highest BCUT2D eigenvalue weighted by Gasteiger charge is 2.36. The number of rotatable bonds is 7. The van der Waals surface area contributed by atoms with E-state index >= 15 is 8.78 Å². The fraction of sp³-hybridized carbons (Fsp3) is 0.455. The van der Waals surface area contributed by atoms with Crippen molar-refractivity contribution < 1.29 is 44.3 Å². The molecule has 3 aromatic rings. The van der Waals surface area contributed by atoms with Crippen molar-refractivity contribution in [2.75, 3.05) is 0 Å². The van der Waals surface area contributed by atoms with Crippen LogP contribution in [0.25, 0.3) is 0 Å². The molecule has 5 rings (SSSR count). The van der Waals surface area contributed by atoms with Crippen LogP contribution in [0, 0.1) is 40.8 Å². The maximum absolute atomic E-state index is 15.7. The molecule has 2 aliphatic carbocycles. The number of fused-ring (bicyclic) bond motifs is 1. The molecular weight excluding hydrogens is 583 g/mol. The van der Waals surface area contributed by atoms with Crippen LogP contribution in [-0.2, 0) is 25.7 Å². The molecule has 0 spiro atoms. The second-order valence-electron chi connectivity index (χ2n) is 11.7. The second kappa shape index (κ2) is 12.4. The summed E-state index contributed by atoms with van der Waals surface area (Å²) in [6, 6.07) is 5.67. The Balaban J connectivity index is 1.24. The first-order chi connectivity index (χ1) is 20.3. The van der Waals surface area contributed by atoms with E-state index in [1.54, 1.807) is 0 Å². The third-order valence-electron chi connectivity index (χ3n) is 9.02. The third-order valence-corrected chi connectivity index (χ3v) is 9.02. The SMILES string of the molecule is CCc1cc(F)c(CCC2CCc3c(cc(F)c(C4CCC(c5cc(F)c(OC(F)(F)F)c(F)c5)CC4)c3F)C2)c(F)c1. The van der Waals surface area contributed by atoms with E-state index in [9.17, 15) is 30.7 Å². The van der Waals surface area contributed by atoms with Gasteiger partial charge in [-0.2, -0.15) is 0 Å². The molecule has 0 saturated heterocycles. The van der Waals surface area contributed by atoms with Crippen LogP contribution in [0.4, 0.5) is 39.5 Å².